The highest BCUT2D eigenvalue weighted by molar-refractivity contribution is 5.38. The molecular weight excluding hydrogens is 400 g/mol. The number of hydrogen-bond acceptors (Lipinski definition) is 7. The summed E-state index contributed by atoms with van der Waals surface area (Å²) in [5.74, 6) is 0.825. The Hall–Kier alpha value is -2.00. The molecule has 2 aromatic rings. The largest absolute Gasteiger partial charge is 0.488 e. The monoisotopic (exact) mass is 430 g/mol. The molecular formula is C24H30O7. The molecule has 2 aromatic carbocycles. The molecule has 7 heteroatoms. The van der Waals surface area contributed by atoms with Crippen LogP contribution >= 0.6 is 0 Å². The minimum atomic E-state index is -1.39. The summed E-state index contributed by atoms with van der Waals surface area (Å²) in [6, 6.07) is 13.7. The van der Waals surface area contributed by atoms with Gasteiger partial charge in [-0.25, -0.2) is 0 Å². The van der Waals surface area contributed by atoms with Gasteiger partial charge >= 0.3 is 0 Å². The second-order valence-corrected chi connectivity index (χ2v) is 8.36. The van der Waals surface area contributed by atoms with Gasteiger partial charge in [0.15, 0.2) is 0 Å². The summed E-state index contributed by atoms with van der Waals surface area (Å²) in [5.41, 5.74) is 3.96. The van der Waals surface area contributed by atoms with Gasteiger partial charge in [0.25, 0.3) is 0 Å². The van der Waals surface area contributed by atoms with Crippen molar-refractivity contribution in [3.8, 4) is 5.75 Å². The molecule has 0 bridgehead atoms. The van der Waals surface area contributed by atoms with E-state index in [4.69, 9.17) is 14.2 Å². The average Bonchev–Trinajstić information content (AvgIpc) is 3.28. The highest BCUT2D eigenvalue weighted by atomic mass is 16.5. The molecule has 2 unspecified atom stereocenters. The topological polar surface area (TPSA) is 109 Å². The van der Waals surface area contributed by atoms with E-state index in [1.165, 1.54) is 0 Å². The number of aryl methyl sites for hydroxylation is 1. The van der Waals surface area contributed by atoms with Gasteiger partial charge in [0.2, 0.25) is 0 Å². The molecule has 0 aliphatic carbocycles. The number of rotatable bonds is 6. The van der Waals surface area contributed by atoms with Crippen LogP contribution in [0, 0.1) is 6.92 Å². The van der Waals surface area contributed by atoms with E-state index in [0.29, 0.717) is 18.6 Å². The van der Waals surface area contributed by atoms with Gasteiger partial charge < -0.3 is 34.6 Å². The van der Waals surface area contributed by atoms with Crippen LogP contribution in [0.3, 0.4) is 0 Å². The maximum Gasteiger partial charge on any atom is 0.124 e. The third kappa shape index (κ3) is 4.92. The summed E-state index contributed by atoms with van der Waals surface area (Å²) in [7, 11) is 0. The van der Waals surface area contributed by atoms with Crippen LogP contribution in [0.1, 0.15) is 34.8 Å². The van der Waals surface area contributed by atoms with Gasteiger partial charge in [0.1, 0.15) is 42.4 Å². The normalized spacial score (nSPS) is 31.0. The van der Waals surface area contributed by atoms with Gasteiger partial charge in [-0.3, -0.25) is 0 Å². The van der Waals surface area contributed by atoms with Crippen LogP contribution in [0.2, 0.25) is 0 Å². The summed E-state index contributed by atoms with van der Waals surface area (Å²) in [6.07, 6.45) is -4.09. The molecule has 4 N–H and O–H groups in total. The van der Waals surface area contributed by atoms with E-state index in [2.05, 4.69) is 0 Å². The van der Waals surface area contributed by atoms with Crippen molar-refractivity contribution < 1.29 is 34.6 Å². The van der Waals surface area contributed by atoms with Crippen molar-refractivity contribution in [1.29, 1.82) is 0 Å². The Morgan fingerprint density at radius 1 is 1.00 bits per heavy atom. The number of aliphatic hydroxyl groups excluding tert-OH is 4. The molecule has 4 rings (SSSR count). The second-order valence-electron chi connectivity index (χ2n) is 8.36. The maximum absolute atomic E-state index is 10.4. The lowest BCUT2D eigenvalue weighted by atomic mass is 9.89. The van der Waals surface area contributed by atoms with Gasteiger partial charge in [-0.15, -0.1) is 0 Å². The summed E-state index contributed by atoms with van der Waals surface area (Å²) in [5, 5.41) is 40.0. The van der Waals surface area contributed by atoms with E-state index in [1.54, 1.807) is 0 Å². The lowest BCUT2D eigenvalue weighted by molar-refractivity contribution is -0.231. The van der Waals surface area contributed by atoms with Crippen LogP contribution < -0.4 is 4.74 Å². The SMILES string of the molecule is Cc1ccc(C2OC(CO)[C@@H](O)[C@H](O)[C@H]2O)cc1Cc1ccc(O[C@H]2CCOC2)cc1. The minimum absolute atomic E-state index is 0.114. The van der Waals surface area contributed by atoms with Gasteiger partial charge in [0.05, 0.1) is 19.8 Å². The van der Waals surface area contributed by atoms with Crippen molar-refractivity contribution >= 4 is 0 Å². The quantitative estimate of drug-likeness (QED) is 0.547. The zero-order valence-electron chi connectivity index (χ0n) is 17.6. The van der Waals surface area contributed by atoms with E-state index < -0.39 is 37.1 Å². The molecule has 0 amide bonds. The molecule has 0 spiro atoms. The van der Waals surface area contributed by atoms with Crippen LogP contribution in [0.15, 0.2) is 42.5 Å². The Labute approximate surface area is 181 Å². The molecule has 31 heavy (non-hydrogen) atoms. The Bertz CT molecular complexity index is 861. The lowest BCUT2D eigenvalue weighted by Crippen LogP contribution is -2.55. The highest BCUT2D eigenvalue weighted by Gasteiger charge is 2.43. The van der Waals surface area contributed by atoms with Gasteiger partial charge in [0, 0.05) is 6.42 Å². The first-order chi connectivity index (χ1) is 15.0. The molecule has 2 fully saturated rings. The summed E-state index contributed by atoms with van der Waals surface area (Å²) in [4.78, 5) is 0. The number of ether oxygens (including phenoxy) is 3. The molecule has 2 saturated heterocycles. The van der Waals surface area contributed by atoms with Crippen LogP contribution in [-0.2, 0) is 15.9 Å². The molecule has 0 radical (unpaired) electrons. The second kappa shape index (κ2) is 9.65. The number of aliphatic hydroxyl groups is 4. The number of benzene rings is 2. The Kier molecular flexibility index (Phi) is 6.91. The Morgan fingerprint density at radius 2 is 1.77 bits per heavy atom. The molecule has 168 valence electrons. The first kappa shape index (κ1) is 22.2. The fraction of sp³-hybridized carbons (Fsp3) is 0.500. The minimum Gasteiger partial charge on any atom is -0.488 e. The zero-order chi connectivity index (χ0) is 22.0. The molecule has 7 nitrogen and oxygen atoms in total. The molecule has 2 heterocycles. The predicted molar refractivity (Wildman–Crippen MR) is 113 cm³/mol. The first-order valence-corrected chi connectivity index (χ1v) is 10.7. The summed E-state index contributed by atoms with van der Waals surface area (Å²) < 4.78 is 17.0. The maximum atomic E-state index is 10.4. The van der Waals surface area contributed by atoms with Crippen molar-refractivity contribution in [3.63, 3.8) is 0 Å². The van der Waals surface area contributed by atoms with Crippen molar-refractivity contribution in [3.05, 3.63) is 64.7 Å². The molecule has 0 saturated carbocycles. The van der Waals surface area contributed by atoms with Crippen molar-refractivity contribution in [1.82, 2.24) is 0 Å². The summed E-state index contributed by atoms with van der Waals surface area (Å²) >= 11 is 0. The van der Waals surface area contributed by atoms with Crippen molar-refractivity contribution in [2.24, 2.45) is 0 Å². The lowest BCUT2D eigenvalue weighted by Gasteiger charge is -2.40. The fourth-order valence-electron chi connectivity index (χ4n) is 4.14. The molecule has 2 aliphatic rings. The molecule has 6 atom stereocenters. The molecule has 0 aromatic heterocycles. The van der Waals surface area contributed by atoms with E-state index in [-0.39, 0.29) is 6.10 Å². The standard InChI is InChI=1S/C24H30O7/c1-14-2-5-16(24-23(28)22(27)21(26)20(12-25)31-24)11-17(14)10-15-3-6-18(7-4-15)30-19-8-9-29-13-19/h2-7,11,19-28H,8-10,12-13H2,1H3/t19-,20?,21+,22-,23+,24?/m0/s1. The fourth-order valence-corrected chi connectivity index (χ4v) is 4.14. The van der Waals surface area contributed by atoms with Crippen molar-refractivity contribution in [2.75, 3.05) is 19.8 Å². The van der Waals surface area contributed by atoms with E-state index in [0.717, 1.165) is 35.5 Å². The summed E-state index contributed by atoms with van der Waals surface area (Å²) in [6.45, 7) is 2.95. The smallest absolute Gasteiger partial charge is 0.124 e. The van der Waals surface area contributed by atoms with E-state index in [1.807, 2.05) is 49.4 Å². The van der Waals surface area contributed by atoms with Gasteiger partial charge in [-0.05, 0) is 47.7 Å². The third-order valence-corrected chi connectivity index (χ3v) is 6.10. The Balaban J connectivity index is 1.49. The van der Waals surface area contributed by atoms with Gasteiger partial charge in [-0.1, -0.05) is 30.3 Å². The van der Waals surface area contributed by atoms with Crippen molar-refractivity contribution in [2.45, 2.75) is 56.4 Å². The van der Waals surface area contributed by atoms with Crippen LogP contribution in [0.25, 0.3) is 0 Å². The Morgan fingerprint density at radius 3 is 2.45 bits per heavy atom. The highest BCUT2D eigenvalue weighted by Crippen LogP contribution is 2.33. The van der Waals surface area contributed by atoms with E-state index >= 15 is 0 Å². The van der Waals surface area contributed by atoms with Gasteiger partial charge in [-0.2, -0.15) is 0 Å². The first-order valence-electron chi connectivity index (χ1n) is 10.7. The van der Waals surface area contributed by atoms with Crippen LogP contribution in [0.4, 0.5) is 0 Å². The predicted octanol–water partition coefficient (Wildman–Crippen LogP) is 1.27. The number of hydrogen-bond donors (Lipinski definition) is 4. The average molecular weight is 430 g/mol. The molecule has 2 aliphatic heterocycles. The van der Waals surface area contributed by atoms with E-state index in [9.17, 15) is 20.4 Å². The van der Waals surface area contributed by atoms with Crippen LogP contribution in [-0.4, -0.2) is 70.8 Å². The van der Waals surface area contributed by atoms with Crippen LogP contribution in [0.5, 0.6) is 5.75 Å². The third-order valence-electron chi connectivity index (χ3n) is 6.10. The zero-order valence-corrected chi connectivity index (χ0v) is 17.6.